The van der Waals surface area contributed by atoms with Crippen LogP contribution in [0.2, 0.25) is 0 Å². The van der Waals surface area contributed by atoms with E-state index < -0.39 is 0 Å². The SMILES string of the molecule is Cc1cccc(-c2noc(CCC(=O)N3CCN(c4ccccn4)CC3)n2)c1. The van der Waals surface area contributed by atoms with E-state index >= 15 is 0 Å². The van der Waals surface area contributed by atoms with Crippen molar-refractivity contribution >= 4 is 11.7 Å². The van der Waals surface area contributed by atoms with Gasteiger partial charge < -0.3 is 14.3 Å². The van der Waals surface area contributed by atoms with Gasteiger partial charge >= 0.3 is 0 Å². The Morgan fingerprint density at radius 3 is 2.71 bits per heavy atom. The van der Waals surface area contributed by atoms with Crippen molar-refractivity contribution in [1.29, 1.82) is 0 Å². The Balaban J connectivity index is 1.28. The van der Waals surface area contributed by atoms with E-state index in [0.717, 1.165) is 30.0 Å². The molecule has 1 aliphatic rings. The molecule has 0 radical (unpaired) electrons. The molecule has 1 amide bonds. The summed E-state index contributed by atoms with van der Waals surface area (Å²) in [6.07, 6.45) is 2.62. The van der Waals surface area contributed by atoms with E-state index in [1.54, 1.807) is 6.20 Å². The molecular weight excluding hydrogens is 354 g/mol. The van der Waals surface area contributed by atoms with E-state index in [-0.39, 0.29) is 5.91 Å². The molecule has 1 aromatic carbocycles. The van der Waals surface area contributed by atoms with E-state index in [0.29, 0.717) is 37.6 Å². The van der Waals surface area contributed by atoms with Crippen molar-refractivity contribution in [3.63, 3.8) is 0 Å². The summed E-state index contributed by atoms with van der Waals surface area (Å²) < 4.78 is 5.32. The second-order valence-electron chi connectivity index (χ2n) is 6.94. The third kappa shape index (κ3) is 4.19. The zero-order valence-corrected chi connectivity index (χ0v) is 15.9. The maximum absolute atomic E-state index is 12.5. The molecule has 7 heteroatoms. The van der Waals surface area contributed by atoms with Crippen molar-refractivity contribution < 1.29 is 9.32 Å². The molecule has 7 nitrogen and oxygen atoms in total. The summed E-state index contributed by atoms with van der Waals surface area (Å²) in [4.78, 5) is 25.4. The molecule has 0 spiro atoms. The molecule has 1 aliphatic heterocycles. The maximum atomic E-state index is 12.5. The number of carbonyl (C=O) groups is 1. The van der Waals surface area contributed by atoms with Gasteiger partial charge in [-0.2, -0.15) is 4.98 Å². The zero-order chi connectivity index (χ0) is 19.3. The van der Waals surface area contributed by atoms with Gasteiger partial charge in [-0.1, -0.05) is 35.0 Å². The number of amides is 1. The highest BCUT2D eigenvalue weighted by Crippen LogP contribution is 2.18. The molecular formula is C21H23N5O2. The summed E-state index contributed by atoms with van der Waals surface area (Å²) in [5, 5.41) is 4.04. The predicted octanol–water partition coefficient (Wildman–Crippen LogP) is 2.72. The van der Waals surface area contributed by atoms with Crippen LogP contribution < -0.4 is 4.90 Å². The van der Waals surface area contributed by atoms with Crippen molar-refractivity contribution in [3.8, 4) is 11.4 Å². The van der Waals surface area contributed by atoms with E-state index in [1.165, 1.54) is 0 Å². The first-order valence-electron chi connectivity index (χ1n) is 9.52. The van der Waals surface area contributed by atoms with Crippen LogP contribution in [0.3, 0.4) is 0 Å². The van der Waals surface area contributed by atoms with Crippen LogP contribution in [0.25, 0.3) is 11.4 Å². The van der Waals surface area contributed by atoms with Gasteiger partial charge in [-0.05, 0) is 25.1 Å². The lowest BCUT2D eigenvalue weighted by Gasteiger charge is -2.35. The first kappa shape index (κ1) is 18.2. The third-order valence-electron chi connectivity index (χ3n) is 4.90. The van der Waals surface area contributed by atoms with Gasteiger partial charge in [-0.3, -0.25) is 4.79 Å². The van der Waals surface area contributed by atoms with Crippen LogP contribution in [-0.2, 0) is 11.2 Å². The highest BCUT2D eigenvalue weighted by Gasteiger charge is 2.22. The summed E-state index contributed by atoms with van der Waals surface area (Å²) in [5.74, 6) is 2.15. The van der Waals surface area contributed by atoms with E-state index in [1.807, 2.05) is 54.3 Å². The molecule has 1 fully saturated rings. The minimum absolute atomic E-state index is 0.121. The Labute approximate surface area is 164 Å². The highest BCUT2D eigenvalue weighted by molar-refractivity contribution is 5.76. The van der Waals surface area contributed by atoms with Gasteiger partial charge in [0.25, 0.3) is 0 Å². The number of benzene rings is 1. The number of hydrogen-bond acceptors (Lipinski definition) is 6. The van der Waals surface area contributed by atoms with Crippen LogP contribution in [0.4, 0.5) is 5.82 Å². The van der Waals surface area contributed by atoms with Gasteiger partial charge in [-0.15, -0.1) is 0 Å². The zero-order valence-electron chi connectivity index (χ0n) is 15.9. The standard InChI is InChI=1S/C21H23N5O2/c1-16-5-4-6-17(15-16)21-23-19(28-24-21)8-9-20(27)26-13-11-25(12-14-26)18-7-2-3-10-22-18/h2-7,10,15H,8-9,11-14H2,1H3. The summed E-state index contributed by atoms with van der Waals surface area (Å²) in [5.41, 5.74) is 2.07. The first-order valence-corrected chi connectivity index (χ1v) is 9.52. The van der Waals surface area contributed by atoms with Gasteiger partial charge in [0, 0.05) is 50.8 Å². The summed E-state index contributed by atoms with van der Waals surface area (Å²) >= 11 is 0. The van der Waals surface area contributed by atoms with E-state index in [2.05, 4.69) is 20.0 Å². The molecule has 0 atom stereocenters. The predicted molar refractivity (Wildman–Crippen MR) is 106 cm³/mol. The fourth-order valence-electron chi connectivity index (χ4n) is 3.36. The van der Waals surface area contributed by atoms with Gasteiger partial charge in [0.2, 0.25) is 17.6 Å². The molecule has 0 saturated carbocycles. The third-order valence-corrected chi connectivity index (χ3v) is 4.90. The lowest BCUT2D eigenvalue weighted by Crippen LogP contribution is -2.49. The van der Waals surface area contributed by atoms with Crippen LogP contribution in [0.5, 0.6) is 0 Å². The summed E-state index contributed by atoms with van der Waals surface area (Å²) in [6.45, 7) is 5.01. The number of hydrogen-bond donors (Lipinski definition) is 0. The van der Waals surface area contributed by atoms with Gasteiger partial charge in [0.1, 0.15) is 5.82 Å². The smallest absolute Gasteiger partial charge is 0.227 e. The summed E-state index contributed by atoms with van der Waals surface area (Å²) in [6, 6.07) is 13.8. The first-order chi connectivity index (χ1) is 13.7. The van der Waals surface area contributed by atoms with E-state index in [9.17, 15) is 4.79 Å². The van der Waals surface area contributed by atoms with Crippen LogP contribution in [0.15, 0.2) is 53.2 Å². The van der Waals surface area contributed by atoms with Crippen molar-refractivity contribution in [1.82, 2.24) is 20.0 Å². The van der Waals surface area contributed by atoms with Crippen LogP contribution in [0.1, 0.15) is 17.9 Å². The molecule has 1 saturated heterocycles. The number of pyridine rings is 1. The Morgan fingerprint density at radius 1 is 1.11 bits per heavy atom. The number of aryl methyl sites for hydroxylation is 2. The Kier molecular flexibility index (Phi) is 5.32. The number of piperazine rings is 1. The number of aromatic nitrogens is 3. The van der Waals surface area contributed by atoms with E-state index in [4.69, 9.17) is 4.52 Å². The molecule has 0 bridgehead atoms. The largest absolute Gasteiger partial charge is 0.353 e. The van der Waals surface area contributed by atoms with Crippen molar-refractivity contribution in [2.75, 3.05) is 31.1 Å². The topological polar surface area (TPSA) is 75.4 Å². The summed E-state index contributed by atoms with van der Waals surface area (Å²) in [7, 11) is 0. The van der Waals surface area contributed by atoms with Crippen molar-refractivity contribution in [2.45, 2.75) is 19.8 Å². The van der Waals surface area contributed by atoms with Crippen LogP contribution in [-0.4, -0.2) is 52.1 Å². The fraction of sp³-hybridized carbons (Fsp3) is 0.333. The minimum atomic E-state index is 0.121. The molecule has 0 unspecified atom stereocenters. The molecule has 144 valence electrons. The van der Waals surface area contributed by atoms with Gasteiger partial charge in [0.15, 0.2) is 0 Å². The Bertz CT molecular complexity index is 933. The van der Waals surface area contributed by atoms with Crippen molar-refractivity contribution in [2.24, 2.45) is 0 Å². The normalized spacial score (nSPS) is 14.3. The molecule has 0 aliphatic carbocycles. The molecule has 3 aromatic rings. The average molecular weight is 377 g/mol. The Morgan fingerprint density at radius 2 is 1.96 bits per heavy atom. The van der Waals surface area contributed by atoms with Crippen LogP contribution >= 0.6 is 0 Å². The minimum Gasteiger partial charge on any atom is -0.353 e. The monoisotopic (exact) mass is 377 g/mol. The fourth-order valence-corrected chi connectivity index (χ4v) is 3.36. The number of anilines is 1. The second-order valence-corrected chi connectivity index (χ2v) is 6.94. The quantitative estimate of drug-likeness (QED) is 0.681. The van der Waals surface area contributed by atoms with Crippen molar-refractivity contribution in [3.05, 3.63) is 60.1 Å². The molecule has 28 heavy (non-hydrogen) atoms. The van der Waals surface area contributed by atoms with Gasteiger partial charge in [-0.25, -0.2) is 4.98 Å². The molecule has 4 rings (SSSR count). The Hall–Kier alpha value is -3.22. The number of rotatable bonds is 5. The average Bonchev–Trinajstić information content (AvgIpc) is 3.22. The molecule has 3 heterocycles. The highest BCUT2D eigenvalue weighted by atomic mass is 16.5. The lowest BCUT2D eigenvalue weighted by atomic mass is 10.1. The molecule has 0 N–H and O–H groups in total. The molecule has 2 aromatic heterocycles. The maximum Gasteiger partial charge on any atom is 0.227 e. The second kappa shape index (κ2) is 8.21. The van der Waals surface area contributed by atoms with Crippen LogP contribution in [0, 0.1) is 6.92 Å². The number of carbonyl (C=O) groups excluding carboxylic acids is 1. The number of nitrogens with zero attached hydrogens (tertiary/aromatic N) is 5. The lowest BCUT2D eigenvalue weighted by molar-refractivity contribution is -0.131. The van der Waals surface area contributed by atoms with Gasteiger partial charge in [0.05, 0.1) is 0 Å².